The first-order valence-corrected chi connectivity index (χ1v) is 5.04. The number of benzene rings is 1. The van der Waals surface area contributed by atoms with Gasteiger partial charge < -0.3 is 9.47 Å². The molecule has 0 spiro atoms. The van der Waals surface area contributed by atoms with E-state index in [1.165, 1.54) is 6.92 Å². The van der Waals surface area contributed by atoms with Crippen molar-refractivity contribution in [2.24, 2.45) is 0 Å². The highest BCUT2D eigenvalue weighted by Crippen LogP contribution is 2.27. The van der Waals surface area contributed by atoms with E-state index in [1.54, 1.807) is 0 Å². The van der Waals surface area contributed by atoms with Gasteiger partial charge in [0.05, 0.1) is 6.61 Å². The topological polar surface area (TPSA) is 35.5 Å². The molecule has 0 aliphatic carbocycles. The molecule has 3 nitrogen and oxygen atoms in total. The lowest BCUT2D eigenvalue weighted by Crippen LogP contribution is -2.07. The van der Waals surface area contributed by atoms with Crippen LogP contribution in [0.3, 0.4) is 0 Å². The second-order valence-corrected chi connectivity index (χ2v) is 3.22. The van der Waals surface area contributed by atoms with Crippen LogP contribution in [-0.2, 0) is 9.53 Å². The van der Waals surface area contributed by atoms with Gasteiger partial charge in [-0.25, -0.2) is 0 Å². The zero-order chi connectivity index (χ0) is 11.3. The molecule has 1 aromatic carbocycles. The highest BCUT2D eigenvalue weighted by atomic mass is 16.5. The Kier molecular flexibility index (Phi) is 4.16. The quantitative estimate of drug-likeness (QED) is 0.714. The van der Waals surface area contributed by atoms with Crippen molar-refractivity contribution in [3.8, 4) is 5.75 Å². The fraction of sp³-hybridized carbons (Fsp3) is 0.417. The van der Waals surface area contributed by atoms with E-state index in [0.29, 0.717) is 6.61 Å². The van der Waals surface area contributed by atoms with Crippen molar-refractivity contribution in [2.75, 3.05) is 6.61 Å². The summed E-state index contributed by atoms with van der Waals surface area (Å²) in [7, 11) is 0. The maximum Gasteiger partial charge on any atom is 0.303 e. The fourth-order valence-electron chi connectivity index (χ4n) is 1.42. The summed E-state index contributed by atoms with van der Waals surface area (Å²) in [4.78, 5) is 10.8. The molecule has 0 aliphatic heterocycles. The minimum atomic E-state index is -0.284. The molecule has 0 fully saturated rings. The van der Waals surface area contributed by atoms with E-state index in [9.17, 15) is 4.79 Å². The summed E-state index contributed by atoms with van der Waals surface area (Å²) in [6, 6.07) is 7.57. The van der Waals surface area contributed by atoms with Gasteiger partial charge in [0.1, 0.15) is 11.9 Å². The minimum absolute atomic E-state index is 0.273. The molecule has 3 heteroatoms. The van der Waals surface area contributed by atoms with Crippen molar-refractivity contribution in [3.63, 3.8) is 0 Å². The van der Waals surface area contributed by atoms with Crippen molar-refractivity contribution in [1.29, 1.82) is 0 Å². The normalized spacial score (nSPS) is 11.9. The lowest BCUT2D eigenvalue weighted by atomic mass is 10.1. The Bertz CT molecular complexity index is 333. The predicted molar refractivity (Wildman–Crippen MR) is 57.8 cm³/mol. The van der Waals surface area contributed by atoms with E-state index in [0.717, 1.165) is 11.3 Å². The molecule has 0 aromatic heterocycles. The number of carbonyl (C=O) groups excluding carboxylic acids is 1. The number of rotatable bonds is 4. The summed E-state index contributed by atoms with van der Waals surface area (Å²) in [6.45, 7) is 5.76. The molecule has 0 saturated heterocycles. The van der Waals surface area contributed by atoms with E-state index in [1.807, 2.05) is 38.1 Å². The molecule has 0 N–H and O–H groups in total. The van der Waals surface area contributed by atoms with E-state index in [2.05, 4.69) is 0 Å². The highest BCUT2D eigenvalue weighted by Gasteiger charge is 2.13. The Labute approximate surface area is 90.0 Å². The van der Waals surface area contributed by atoms with Crippen LogP contribution in [0.15, 0.2) is 24.3 Å². The molecule has 0 amide bonds. The molecular formula is C12H16O3. The van der Waals surface area contributed by atoms with Crippen LogP contribution in [0.5, 0.6) is 5.75 Å². The molecule has 0 bridgehead atoms. The zero-order valence-electron chi connectivity index (χ0n) is 9.32. The molecular weight excluding hydrogens is 192 g/mol. The lowest BCUT2D eigenvalue weighted by Gasteiger charge is -2.16. The summed E-state index contributed by atoms with van der Waals surface area (Å²) >= 11 is 0. The molecule has 0 radical (unpaired) electrons. The SMILES string of the molecule is CCOc1ccccc1C(C)OC(C)=O. The van der Waals surface area contributed by atoms with Crippen molar-refractivity contribution in [1.82, 2.24) is 0 Å². The fourth-order valence-corrected chi connectivity index (χ4v) is 1.42. The van der Waals surface area contributed by atoms with Gasteiger partial charge in [-0.15, -0.1) is 0 Å². The van der Waals surface area contributed by atoms with Crippen molar-refractivity contribution < 1.29 is 14.3 Å². The van der Waals surface area contributed by atoms with Gasteiger partial charge in [0.2, 0.25) is 0 Å². The average molecular weight is 208 g/mol. The van der Waals surface area contributed by atoms with Gasteiger partial charge in [-0.3, -0.25) is 4.79 Å². The summed E-state index contributed by atoms with van der Waals surface area (Å²) < 4.78 is 10.6. The summed E-state index contributed by atoms with van der Waals surface area (Å²) in [5.74, 6) is 0.488. The Balaban J connectivity index is 2.86. The van der Waals surface area contributed by atoms with Crippen LogP contribution in [-0.4, -0.2) is 12.6 Å². The summed E-state index contributed by atoms with van der Waals surface area (Å²) in [5.41, 5.74) is 0.898. The predicted octanol–water partition coefficient (Wildman–Crippen LogP) is 2.71. The van der Waals surface area contributed by atoms with Crippen LogP contribution >= 0.6 is 0 Å². The Morgan fingerprint density at radius 1 is 1.40 bits per heavy atom. The van der Waals surface area contributed by atoms with Gasteiger partial charge in [0.15, 0.2) is 0 Å². The molecule has 1 aromatic rings. The van der Waals surface area contributed by atoms with E-state index < -0.39 is 0 Å². The largest absolute Gasteiger partial charge is 0.493 e. The average Bonchev–Trinajstić information content (AvgIpc) is 2.18. The molecule has 0 heterocycles. The molecule has 0 aliphatic rings. The maximum atomic E-state index is 10.8. The molecule has 82 valence electrons. The van der Waals surface area contributed by atoms with E-state index in [4.69, 9.17) is 9.47 Å². The maximum absolute atomic E-state index is 10.8. The smallest absolute Gasteiger partial charge is 0.303 e. The summed E-state index contributed by atoms with van der Waals surface area (Å²) in [5, 5.41) is 0. The minimum Gasteiger partial charge on any atom is -0.493 e. The number of ether oxygens (including phenoxy) is 2. The van der Waals surface area contributed by atoms with Crippen LogP contribution in [0.25, 0.3) is 0 Å². The third-order valence-electron chi connectivity index (χ3n) is 2.00. The lowest BCUT2D eigenvalue weighted by molar-refractivity contribution is -0.145. The van der Waals surface area contributed by atoms with Crippen LogP contribution in [0.4, 0.5) is 0 Å². The van der Waals surface area contributed by atoms with Gasteiger partial charge in [-0.2, -0.15) is 0 Å². The van der Waals surface area contributed by atoms with Crippen LogP contribution < -0.4 is 4.74 Å². The van der Waals surface area contributed by atoms with Crippen LogP contribution in [0.2, 0.25) is 0 Å². The van der Waals surface area contributed by atoms with Crippen molar-refractivity contribution in [3.05, 3.63) is 29.8 Å². The Hall–Kier alpha value is -1.51. The molecule has 15 heavy (non-hydrogen) atoms. The molecule has 1 atom stereocenters. The second kappa shape index (κ2) is 5.39. The van der Waals surface area contributed by atoms with Gasteiger partial charge in [-0.1, -0.05) is 18.2 Å². The number of para-hydroxylation sites is 1. The standard InChI is InChI=1S/C12H16O3/c1-4-14-12-8-6-5-7-11(12)9(2)15-10(3)13/h5-9H,4H2,1-3H3. The second-order valence-electron chi connectivity index (χ2n) is 3.22. The number of carbonyl (C=O) groups is 1. The van der Waals surface area contributed by atoms with Gasteiger partial charge in [0, 0.05) is 12.5 Å². The van der Waals surface area contributed by atoms with Gasteiger partial charge in [-0.05, 0) is 19.9 Å². The van der Waals surface area contributed by atoms with Crippen LogP contribution in [0, 0.1) is 0 Å². The third kappa shape index (κ3) is 3.27. The first kappa shape index (κ1) is 11.6. The molecule has 0 saturated carbocycles. The highest BCUT2D eigenvalue weighted by molar-refractivity contribution is 5.66. The molecule has 1 rings (SSSR count). The summed E-state index contributed by atoms with van der Waals surface area (Å²) in [6.07, 6.45) is -0.273. The zero-order valence-corrected chi connectivity index (χ0v) is 9.32. The van der Waals surface area contributed by atoms with E-state index >= 15 is 0 Å². The first-order valence-electron chi connectivity index (χ1n) is 5.04. The monoisotopic (exact) mass is 208 g/mol. The number of hydrogen-bond donors (Lipinski definition) is 0. The van der Waals surface area contributed by atoms with Gasteiger partial charge >= 0.3 is 5.97 Å². The third-order valence-corrected chi connectivity index (χ3v) is 2.00. The number of hydrogen-bond acceptors (Lipinski definition) is 3. The van der Waals surface area contributed by atoms with E-state index in [-0.39, 0.29) is 12.1 Å². The Morgan fingerprint density at radius 2 is 2.07 bits per heavy atom. The number of esters is 1. The van der Waals surface area contributed by atoms with Gasteiger partial charge in [0.25, 0.3) is 0 Å². The first-order chi connectivity index (χ1) is 7.15. The van der Waals surface area contributed by atoms with Crippen LogP contribution in [0.1, 0.15) is 32.4 Å². The molecule has 1 unspecified atom stereocenters. The Morgan fingerprint density at radius 3 is 2.67 bits per heavy atom. The van der Waals surface area contributed by atoms with Crippen molar-refractivity contribution >= 4 is 5.97 Å². The van der Waals surface area contributed by atoms with Crippen molar-refractivity contribution in [2.45, 2.75) is 26.9 Å².